The molecule has 5 rings (SSSR count). The van der Waals surface area contributed by atoms with Crippen LogP contribution in [0.1, 0.15) is 18.4 Å². The van der Waals surface area contributed by atoms with Crippen LogP contribution in [0.5, 0.6) is 0 Å². The quantitative estimate of drug-likeness (QED) is 0.292. The SMILES string of the molecule is Cc1cccc(-n2cc(-c3ccc(Cl)cc3)nc2NC(=O)CN(C2CC2)S(=O)(=O)c2ccc(Cl)cc2)c1. The molecule has 1 fully saturated rings. The van der Waals surface area contributed by atoms with Crippen LogP contribution in [0.2, 0.25) is 10.0 Å². The fraction of sp³-hybridized carbons (Fsp3) is 0.185. The fourth-order valence-electron chi connectivity index (χ4n) is 4.02. The van der Waals surface area contributed by atoms with E-state index in [0.717, 1.165) is 16.8 Å². The van der Waals surface area contributed by atoms with Crippen LogP contribution in [0.15, 0.2) is 83.9 Å². The Morgan fingerprint density at radius 1 is 1.03 bits per heavy atom. The number of aryl methyl sites for hydroxylation is 1. The summed E-state index contributed by atoms with van der Waals surface area (Å²) < 4.78 is 29.7. The average Bonchev–Trinajstić information content (AvgIpc) is 3.62. The van der Waals surface area contributed by atoms with Crippen molar-refractivity contribution in [2.45, 2.75) is 30.7 Å². The van der Waals surface area contributed by atoms with Crippen LogP contribution >= 0.6 is 23.2 Å². The lowest BCUT2D eigenvalue weighted by Gasteiger charge is -2.21. The Kier molecular flexibility index (Phi) is 7.09. The van der Waals surface area contributed by atoms with Gasteiger partial charge in [0.15, 0.2) is 0 Å². The summed E-state index contributed by atoms with van der Waals surface area (Å²) in [6, 6.07) is 20.8. The molecule has 190 valence electrons. The summed E-state index contributed by atoms with van der Waals surface area (Å²) in [4.78, 5) is 18.0. The normalized spacial score (nSPS) is 13.6. The van der Waals surface area contributed by atoms with Gasteiger partial charge in [0.25, 0.3) is 0 Å². The number of halogens is 2. The predicted octanol–water partition coefficient (Wildman–Crippen LogP) is 5.95. The standard InChI is InChI=1S/C27H24Cl2N4O3S/c1-18-3-2-4-23(15-18)32-16-25(19-5-7-20(28)8-6-19)30-27(32)31-26(34)17-33(22-11-12-22)37(35,36)24-13-9-21(29)10-14-24/h2-10,13-16,22H,11-12,17H2,1H3,(H,30,31,34). The van der Waals surface area contributed by atoms with Crippen molar-refractivity contribution < 1.29 is 13.2 Å². The minimum Gasteiger partial charge on any atom is -0.294 e. The third-order valence-electron chi connectivity index (χ3n) is 6.05. The minimum atomic E-state index is -3.88. The van der Waals surface area contributed by atoms with Gasteiger partial charge in [-0.2, -0.15) is 4.31 Å². The fourth-order valence-corrected chi connectivity index (χ4v) is 5.92. The maximum absolute atomic E-state index is 13.3. The van der Waals surface area contributed by atoms with Crippen LogP contribution in [0, 0.1) is 6.92 Å². The second-order valence-corrected chi connectivity index (χ2v) is 11.7. The van der Waals surface area contributed by atoms with E-state index in [1.807, 2.05) is 49.5 Å². The highest BCUT2D eigenvalue weighted by molar-refractivity contribution is 7.89. The molecule has 3 aromatic carbocycles. The average molecular weight is 555 g/mol. The molecule has 7 nitrogen and oxygen atoms in total. The number of anilines is 1. The Bertz CT molecular complexity index is 1550. The first-order valence-electron chi connectivity index (χ1n) is 11.7. The number of rotatable bonds is 8. The predicted molar refractivity (Wildman–Crippen MR) is 146 cm³/mol. The van der Waals surface area contributed by atoms with Crippen LogP contribution in [-0.4, -0.2) is 40.8 Å². The summed E-state index contributed by atoms with van der Waals surface area (Å²) in [6.45, 7) is 1.65. The Morgan fingerprint density at radius 2 is 1.68 bits per heavy atom. The number of benzene rings is 3. The summed E-state index contributed by atoms with van der Waals surface area (Å²) in [5, 5.41) is 3.88. The lowest BCUT2D eigenvalue weighted by Crippen LogP contribution is -2.39. The number of imidazole rings is 1. The molecule has 1 heterocycles. The van der Waals surface area contributed by atoms with Crippen molar-refractivity contribution in [3.8, 4) is 16.9 Å². The smallest absolute Gasteiger partial charge is 0.243 e. The van der Waals surface area contributed by atoms with Crippen LogP contribution in [0.25, 0.3) is 16.9 Å². The summed E-state index contributed by atoms with van der Waals surface area (Å²) in [7, 11) is -3.88. The van der Waals surface area contributed by atoms with Crippen LogP contribution in [0.4, 0.5) is 5.95 Å². The molecule has 0 aliphatic heterocycles. The summed E-state index contributed by atoms with van der Waals surface area (Å²) >= 11 is 12.0. The molecule has 0 spiro atoms. The van der Waals surface area contributed by atoms with Crippen LogP contribution in [0.3, 0.4) is 0 Å². The van der Waals surface area contributed by atoms with E-state index in [9.17, 15) is 13.2 Å². The maximum Gasteiger partial charge on any atom is 0.243 e. The number of sulfonamides is 1. The number of carbonyl (C=O) groups is 1. The topological polar surface area (TPSA) is 84.3 Å². The molecule has 0 radical (unpaired) electrons. The molecule has 10 heteroatoms. The van der Waals surface area contributed by atoms with E-state index in [2.05, 4.69) is 10.3 Å². The Balaban J connectivity index is 1.44. The zero-order valence-electron chi connectivity index (χ0n) is 19.9. The monoisotopic (exact) mass is 554 g/mol. The van der Waals surface area contributed by atoms with Gasteiger partial charge in [0.05, 0.1) is 17.1 Å². The molecule has 1 aromatic heterocycles. The molecule has 0 bridgehead atoms. The molecule has 1 saturated carbocycles. The summed E-state index contributed by atoms with van der Waals surface area (Å²) in [5.41, 5.74) is 3.33. The molecule has 1 N–H and O–H groups in total. The van der Waals surface area contributed by atoms with Crippen molar-refractivity contribution in [2.75, 3.05) is 11.9 Å². The summed E-state index contributed by atoms with van der Waals surface area (Å²) in [5.74, 6) is -0.188. The Hall–Kier alpha value is -3.17. The van der Waals surface area contributed by atoms with Gasteiger partial charge >= 0.3 is 0 Å². The van der Waals surface area contributed by atoms with E-state index in [1.54, 1.807) is 16.7 Å². The van der Waals surface area contributed by atoms with Gasteiger partial charge < -0.3 is 0 Å². The molecule has 0 unspecified atom stereocenters. The molecule has 1 aliphatic carbocycles. The van der Waals surface area contributed by atoms with Crippen molar-refractivity contribution in [3.63, 3.8) is 0 Å². The number of hydrogen-bond donors (Lipinski definition) is 1. The molecule has 1 amide bonds. The van der Waals surface area contributed by atoms with Crippen molar-refractivity contribution in [2.24, 2.45) is 0 Å². The number of nitrogens with one attached hydrogen (secondary N) is 1. The third-order valence-corrected chi connectivity index (χ3v) is 8.47. The van der Waals surface area contributed by atoms with Crippen molar-refractivity contribution in [1.82, 2.24) is 13.9 Å². The zero-order chi connectivity index (χ0) is 26.2. The third kappa shape index (κ3) is 5.72. The highest BCUT2D eigenvalue weighted by atomic mass is 35.5. The Morgan fingerprint density at radius 3 is 2.30 bits per heavy atom. The number of aromatic nitrogens is 2. The first kappa shape index (κ1) is 25.5. The van der Waals surface area contributed by atoms with Gasteiger partial charge in [-0.25, -0.2) is 13.4 Å². The highest BCUT2D eigenvalue weighted by Gasteiger charge is 2.39. The second kappa shape index (κ2) is 10.3. The lowest BCUT2D eigenvalue weighted by molar-refractivity contribution is -0.116. The van der Waals surface area contributed by atoms with E-state index >= 15 is 0 Å². The van der Waals surface area contributed by atoms with Gasteiger partial charge in [-0.05, 0) is 73.9 Å². The van der Waals surface area contributed by atoms with E-state index < -0.39 is 15.9 Å². The largest absolute Gasteiger partial charge is 0.294 e. The molecular formula is C27H24Cl2N4O3S. The second-order valence-electron chi connectivity index (χ2n) is 8.95. The molecule has 4 aromatic rings. The number of amides is 1. The van der Waals surface area contributed by atoms with Gasteiger partial charge in [-0.3, -0.25) is 14.7 Å². The van der Waals surface area contributed by atoms with E-state index in [1.165, 1.54) is 28.6 Å². The maximum atomic E-state index is 13.3. The number of nitrogens with zero attached hydrogens (tertiary/aromatic N) is 3. The van der Waals surface area contributed by atoms with Gasteiger partial charge in [0, 0.05) is 33.5 Å². The first-order valence-corrected chi connectivity index (χ1v) is 13.9. The highest BCUT2D eigenvalue weighted by Crippen LogP contribution is 2.32. The van der Waals surface area contributed by atoms with Crippen molar-refractivity contribution in [1.29, 1.82) is 0 Å². The lowest BCUT2D eigenvalue weighted by atomic mass is 10.2. The molecule has 0 saturated heterocycles. The Labute approximate surface area is 225 Å². The minimum absolute atomic E-state index is 0.0999. The van der Waals surface area contributed by atoms with E-state index in [0.29, 0.717) is 34.5 Å². The van der Waals surface area contributed by atoms with Crippen molar-refractivity contribution >= 4 is 45.1 Å². The van der Waals surface area contributed by atoms with E-state index in [-0.39, 0.29) is 17.5 Å². The van der Waals surface area contributed by atoms with Gasteiger partial charge in [-0.15, -0.1) is 0 Å². The number of hydrogen-bond acceptors (Lipinski definition) is 4. The van der Waals surface area contributed by atoms with Gasteiger partial charge in [0.1, 0.15) is 0 Å². The molecule has 1 aliphatic rings. The van der Waals surface area contributed by atoms with Gasteiger partial charge in [0.2, 0.25) is 21.9 Å². The van der Waals surface area contributed by atoms with Crippen LogP contribution in [-0.2, 0) is 14.8 Å². The first-order chi connectivity index (χ1) is 17.7. The van der Waals surface area contributed by atoms with E-state index in [4.69, 9.17) is 23.2 Å². The number of carbonyl (C=O) groups excluding carboxylic acids is 1. The molecular weight excluding hydrogens is 531 g/mol. The van der Waals surface area contributed by atoms with Crippen LogP contribution < -0.4 is 5.32 Å². The summed E-state index contributed by atoms with van der Waals surface area (Å²) in [6.07, 6.45) is 3.24. The zero-order valence-corrected chi connectivity index (χ0v) is 22.3. The molecule has 0 atom stereocenters. The van der Waals surface area contributed by atoms with Crippen molar-refractivity contribution in [3.05, 3.63) is 94.6 Å². The molecule has 37 heavy (non-hydrogen) atoms. The van der Waals surface area contributed by atoms with Gasteiger partial charge in [-0.1, -0.05) is 47.5 Å².